The second-order valence-corrected chi connectivity index (χ2v) is 3.67. The van der Waals surface area contributed by atoms with Crippen LogP contribution in [0.1, 0.15) is 6.92 Å². The molecule has 1 aromatic heterocycles. The Morgan fingerprint density at radius 1 is 1.18 bits per heavy atom. The average Bonchev–Trinajstić information content (AvgIpc) is 2.30. The number of aromatic amines is 1. The Balaban J connectivity index is 2.33. The summed E-state index contributed by atoms with van der Waals surface area (Å²) in [6.45, 7) is 1.45. The van der Waals surface area contributed by atoms with Crippen molar-refractivity contribution in [3.05, 3.63) is 52.9 Å². The number of hydrogen-bond donors (Lipinski definition) is 2. The van der Waals surface area contributed by atoms with Crippen LogP contribution in [-0.4, -0.2) is 10.9 Å². The highest BCUT2D eigenvalue weighted by Gasteiger charge is 2.02. The summed E-state index contributed by atoms with van der Waals surface area (Å²) in [5, 5.41) is 2.67. The van der Waals surface area contributed by atoms with E-state index in [1.807, 2.05) is 0 Å². The van der Waals surface area contributed by atoms with Crippen LogP contribution < -0.4 is 10.9 Å². The number of hydrogen-bond acceptors (Lipinski definition) is 2. The molecular weight excluding hydrogens is 216 g/mol. The molecular formula is C13H12N2O2. The topological polar surface area (TPSA) is 62.0 Å². The van der Waals surface area contributed by atoms with Gasteiger partial charge in [0.05, 0.1) is 0 Å². The molecule has 2 rings (SSSR count). The molecule has 0 saturated heterocycles. The Morgan fingerprint density at radius 2 is 1.88 bits per heavy atom. The Hall–Kier alpha value is -2.36. The summed E-state index contributed by atoms with van der Waals surface area (Å²) < 4.78 is 0. The van der Waals surface area contributed by atoms with Crippen LogP contribution in [0.2, 0.25) is 0 Å². The van der Waals surface area contributed by atoms with Crippen molar-refractivity contribution < 1.29 is 4.79 Å². The molecule has 0 bridgehead atoms. The van der Waals surface area contributed by atoms with Crippen molar-refractivity contribution >= 4 is 11.6 Å². The highest BCUT2D eigenvalue weighted by molar-refractivity contribution is 5.88. The maximum absolute atomic E-state index is 11.6. The van der Waals surface area contributed by atoms with Crippen LogP contribution in [-0.2, 0) is 4.79 Å². The van der Waals surface area contributed by atoms with Gasteiger partial charge in [-0.05, 0) is 29.8 Å². The van der Waals surface area contributed by atoms with Crippen LogP contribution in [0, 0.1) is 0 Å². The number of carbonyl (C=O) groups is 1. The third-order valence-electron chi connectivity index (χ3n) is 2.33. The standard InChI is InChI=1S/C13H12N2O2/c1-9(16)15-11-6-4-10(5-7-11)12-3-2-8-14-13(12)17/h2-8H,1H3,(H,14,17)(H,15,16). The Labute approximate surface area is 98.3 Å². The van der Waals surface area contributed by atoms with E-state index in [0.717, 1.165) is 5.56 Å². The van der Waals surface area contributed by atoms with Crippen molar-refractivity contribution in [1.29, 1.82) is 0 Å². The largest absolute Gasteiger partial charge is 0.329 e. The van der Waals surface area contributed by atoms with Crippen LogP contribution >= 0.6 is 0 Å². The molecule has 1 aromatic carbocycles. The first-order valence-electron chi connectivity index (χ1n) is 5.22. The second kappa shape index (κ2) is 4.65. The molecule has 0 radical (unpaired) electrons. The number of rotatable bonds is 2. The van der Waals surface area contributed by atoms with Crippen LogP contribution in [0.25, 0.3) is 11.1 Å². The molecule has 0 aliphatic carbocycles. The maximum Gasteiger partial charge on any atom is 0.255 e. The molecule has 86 valence electrons. The maximum atomic E-state index is 11.6. The molecule has 4 nitrogen and oxygen atoms in total. The third-order valence-corrected chi connectivity index (χ3v) is 2.33. The third kappa shape index (κ3) is 2.60. The minimum Gasteiger partial charge on any atom is -0.329 e. The first-order valence-corrected chi connectivity index (χ1v) is 5.22. The normalized spacial score (nSPS) is 9.94. The molecule has 0 saturated carbocycles. The van der Waals surface area contributed by atoms with E-state index in [2.05, 4.69) is 10.3 Å². The van der Waals surface area contributed by atoms with Crippen molar-refractivity contribution in [3.8, 4) is 11.1 Å². The second-order valence-electron chi connectivity index (χ2n) is 3.67. The summed E-state index contributed by atoms with van der Waals surface area (Å²) in [5.74, 6) is -0.115. The van der Waals surface area contributed by atoms with Gasteiger partial charge in [0.1, 0.15) is 0 Å². The smallest absolute Gasteiger partial charge is 0.255 e. The molecule has 1 heterocycles. The molecule has 2 N–H and O–H groups in total. The quantitative estimate of drug-likeness (QED) is 0.825. The number of carbonyl (C=O) groups excluding carboxylic acids is 1. The summed E-state index contributed by atoms with van der Waals surface area (Å²) in [4.78, 5) is 25.0. The van der Waals surface area contributed by atoms with Gasteiger partial charge in [0.2, 0.25) is 5.91 Å². The van der Waals surface area contributed by atoms with Gasteiger partial charge >= 0.3 is 0 Å². The van der Waals surface area contributed by atoms with Gasteiger partial charge in [-0.2, -0.15) is 0 Å². The van der Waals surface area contributed by atoms with Crippen molar-refractivity contribution in [1.82, 2.24) is 4.98 Å². The monoisotopic (exact) mass is 228 g/mol. The van der Waals surface area contributed by atoms with Crippen molar-refractivity contribution in [3.63, 3.8) is 0 Å². The lowest BCUT2D eigenvalue weighted by Gasteiger charge is -2.04. The minimum atomic E-state index is -0.125. The molecule has 0 unspecified atom stereocenters. The number of anilines is 1. The number of H-pyrrole nitrogens is 1. The van der Waals surface area contributed by atoms with E-state index < -0.39 is 0 Å². The van der Waals surface area contributed by atoms with E-state index in [1.54, 1.807) is 42.6 Å². The number of benzene rings is 1. The van der Waals surface area contributed by atoms with E-state index in [4.69, 9.17) is 0 Å². The molecule has 4 heteroatoms. The molecule has 0 aliphatic heterocycles. The SMILES string of the molecule is CC(=O)Nc1ccc(-c2ccc[nH]c2=O)cc1. The van der Waals surface area contributed by atoms with Gasteiger partial charge in [0, 0.05) is 24.4 Å². The number of nitrogens with one attached hydrogen (secondary N) is 2. The Morgan fingerprint density at radius 3 is 2.47 bits per heavy atom. The van der Waals surface area contributed by atoms with Crippen LogP contribution in [0.5, 0.6) is 0 Å². The molecule has 17 heavy (non-hydrogen) atoms. The summed E-state index contributed by atoms with van der Waals surface area (Å²) in [6, 6.07) is 10.7. The van der Waals surface area contributed by atoms with Gasteiger partial charge in [-0.3, -0.25) is 9.59 Å². The fourth-order valence-electron chi connectivity index (χ4n) is 1.59. The first-order chi connectivity index (χ1) is 8.16. The van der Waals surface area contributed by atoms with Gasteiger partial charge in [-0.1, -0.05) is 12.1 Å². The highest BCUT2D eigenvalue weighted by Crippen LogP contribution is 2.17. The van der Waals surface area contributed by atoms with E-state index in [-0.39, 0.29) is 11.5 Å². The zero-order chi connectivity index (χ0) is 12.3. The van der Waals surface area contributed by atoms with Crippen molar-refractivity contribution in [2.75, 3.05) is 5.32 Å². The number of aromatic nitrogens is 1. The van der Waals surface area contributed by atoms with Gasteiger partial charge in [-0.25, -0.2) is 0 Å². The molecule has 0 aliphatic rings. The van der Waals surface area contributed by atoms with Crippen molar-refractivity contribution in [2.45, 2.75) is 6.92 Å². The fourth-order valence-corrected chi connectivity index (χ4v) is 1.59. The van der Waals surface area contributed by atoms with Crippen LogP contribution in [0.3, 0.4) is 0 Å². The first kappa shape index (κ1) is 11.1. The zero-order valence-corrected chi connectivity index (χ0v) is 9.36. The predicted octanol–water partition coefficient (Wildman–Crippen LogP) is 2.00. The molecule has 2 aromatic rings. The van der Waals surface area contributed by atoms with E-state index in [1.165, 1.54) is 6.92 Å². The predicted molar refractivity (Wildman–Crippen MR) is 66.8 cm³/mol. The lowest BCUT2D eigenvalue weighted by atomic mass is 10.1. The van der Waals surface area contributed by atoms with Gasteiger partial charge in [0.15, 0.2) is 0 Å². The summed E-state index contributed by atoms with van der Waals surface area (Å²) >= 11 is 0. The van der Waals surface area contributed by atoms with Crippen LogP contribution in [0.15, 0.2) is 47.4 Å². The Bertz CT molecular complexity index is 585. The fraction of sp³-hybridized carbons (Fsp3) is 0.0769. The van der Waals surface area contributed by atoms with Gasteiger partial charge < -0.3 is 10.3 Å². The molecule has 0 fully saturated rings. The minimum absolute atomic E-state index is 0.115. The zero-order valence-electron chi connectivity index (χ0n) is 9.36. The molecule has 1 amide bonds. The summed E-state index contributed by atoms with van der Waals surface area (Å²) in [5.41, 5.74) is 2.02. The average molecular weight is 228 g/mol. The van der Waals surface area contributed by atoms with Gasteiger partial charge in [-0.15, -0.1) is 0 Å². The lowest BCUT2D eigenvalue weighted by molar-refractivity contribution is -0.114. The van der Waals surface area contributed by atoms with E-state index in [0.29, 0.717) is 11.3 Å². The van der Waals surface area contributed by atoms with Crippen molar-refractivity contribution in [2.24, 2.45) is 0 Å². The van der Waals surface area contributed by atoms with Gasteiger partial charge in [0.25, 0.3) is 5.56 Å². The van der Waals surface area contributed by atoms with E-state index >= 15 is 0 Å². The summed E-state index contributed by atoms with van der Waals surface area (Å²) in [6.07, 6.45) is 1.59. The lowest BCUT2D eigenvalue weighted by Crippen LogP contribution is -2.07. The Kier molecular flexibility index (Phi) is 3.05. The highest BCUT2D eigenvalue weighted by atomic mass is 16.1. The van der Waals surface area contributed by atoms with Crippen LogP contribution in [0.4, 0.5) is 5.69 Å². The number of amides is 1. The summed E-state index contributed by atoms with van der Waals surface area (Å²) in [7, 11) is 0. The molecule has 0 atom stereocenters. The molecule has 0 spiro atoms. The number of pyridine rings is 1. The van der Waals surface area contributed by atoms with E-state index in [9.17, 15) is 9.59 Å².